The predicted molar refractivity (Wildman–Crippen MR) is 106 cm³/mol. The van der Waals surface area contributed by atoms with Gasteiger partial charge in [-0.05, 0) is 12.1 Å². The minimum absolute atomic E-state index is 0.00320. The zero-order valence-corrected chi connectivity index (χ0v) is 16.1. The number of anilines is 1. The first-order valence-corrected chi connectivity index (χ1v) is 9.33. The smallest absolute Gasteiger partial charge is 0.254 e. The molecule has 0 unspecified atom stereocenters. The van der Waals surface area contributed by atoms with Gasteiger partial charge in [0.15, 0.2) is 5.82 Å². The van der Waals surface area contributed by atoms with Gasteiger partial charge in [0.1, 0.15) is 17.3 Å². The van der Waals surface area contributed by atoms with Crippen LogP contribution in [0.1, 0.15) is 27.4 Å². The first kappa shape index (κ1) is 18.4. The number of benzene rings is 1. The molecule has 4 rings (SSSR count). The molecular formula is C20H23N5O3. The van der Waals surface area contributed by atoms with Crippen molar-refractivity contribution in [1.29, 1.82) is 0 Å². The van der Waals surface area contributed by atoms with Crippen LogP contribution < -0.4 is 10.1 Å². The van der Waals surface area contributed by atoms with Gasteiger partial charge < -0.3 is 19.7 Å². The Morgan fingerprint density at radius 3 is 2.86 bits per heavy atom. The Balaban J connectivity index is 1.58. The van der Waals surface area contributed by atoms with Gasteiger partial charge in [-0.1, -0.05) is 6.07 Å². The van der Waals surface area contributed by atoms with E-state index in [0.29, 0.717) is 56.3 Å². The minimum atomic E-state index is -0.00320. The molecule has 0 saturated carbocycles. The van der Waals surface area contributed by atoms with Crippen molar-refractivity contribution in [3.63, 3.8) is 0 Å². The van der Waals surface area contributed by atoms with Crippen LogP contribution in [0.15, 0.2) is 23.2 Å². The topological polar surface area (TPSA) is 88.9 Å². The second kappa shape index (κ2) is 7.93. The summed E-state index contributed by atoms with van der Waals surface area (Å²) < 4.78 is 10.9. The van der Waals surface area contributed by atoms with Gasteiger partial charge in [0.2, 0.25) is 0 Å². The highest BCUT2D eigenvalue weighted by Gasteiger charge is 2.21. The maximum atomic E-state index is 12.7. The highest BCUT2D eigenvalue weighted by molar-refractivity contribution is 5.94. The first-order chi connectivity index (χ1) is 13.7. The van der Waals surface area contributed by atoms with E-state index in [9.17, 15) is 4.79 Å². The van der Waals surface area contributed by atoms with Crippen molar-refractivity contribution in [2.45, 2.75) is 12.8 Å². The van der Waals surface area contributed by atoms with Crippen molar-refractivity contribution in [2.24, 2.45) is 4.99 Å². The maximum Gasteiger partial charge on any atom is 0.254 e. The monoisotopic (exact) mass is 381 g/mol. The van der Waals surface area contributed by atoms with Gasteiger partial charge in [0, 0.05) is 50.3 Å². The van der Waals surface area contributed by atoms with E-state index in [1.54, 1.807) is 18.1 Å². The zero-order chi connectivity index (χ0) is 19.5. The molecule has 1 fully saturated rings. The van der Waals surface area contributed by atoms with Crippen molar-refractivity contribution in [3.05, 3.63) is 40.8 Å². The quantitative estimate of drug-likeness (QED) is 0.850. The van der Waals surface area contributed by atoms with E-state index in [1.165, 1.54) is 0 Å². The number of hydrogen-bond donors (Lipinski definition) is 1. The van der Waals surface area contributed by atoms with E-state index in [-0.39, 0.29) is 5.91 Å². The minimum Gasteiger partial charge on any atom is -0.496 e. The molecule has 1 amide bonds. The first-order valence-electron chi connectivity index (χ1n) is 9.33. The SMILES string of the molecule is CNc1nc(Cc2ccc(C(=O)N3CCOCC3)cc2OC)nc2c1N=CC2. The highest BCUT2D eigenvalue weighted by atomic mass is 16.5. The van der Waals surface area contributed by atoms with Crippen molar-refractivity contribution < 1.29 is 14.3 Å². The van der Waals surface area contributed by atoms with Crippen LogP contribution in [-0.2, 0) is 17.6 Å². The molecule has 8 nitrogen and oxygen atoms in total. The van der Waals surface area contributed by atoms with Crippen molar-refractivity contribution >= 4 is 23.6 Å². The largest absolute Gasteiger partial charge is 0.496 e. The Bertz CT molecular complexity index is 922. The predicted octanol–water partition coefficient (Wildman–Crippen LogP) is 1.85. The number of nitrogens with one attached hydrogen (secondary N) is 1. The Morgan fingerprint density at radius 2 is 2.11 bits per heavy atom. The average Bonchev–Trinajstić information content (AvgIpc) is 3.22. The second-order valence-electron chi connectivity index (χ2n) is 6.66. The lowest BCUT2D eigenvalue weighted by atomic mass is 10.1. The third-order valence-corrected chi connectivity index (χ3v) is 4.93. The lowest BCUT2D eigenvalue weighted by Crippen LogP contribution is -2.40. The van der Waals surface area contributed by atoms with Crippen LogP contribution in [0, 0.1) is 0 Å². The van der Waals surface area contributed by atoms with Gasteiger partial charge in [0.25, 0.3) is 5.91 Å². The van der Waals surface area contributed by atoms with Crippen LogP contribution in [-0.4, -0.2) is 67.5 Å². The van der Waals surface area contributed by atoms with Crippen LogP contribution in [0.4, 0.5) is 11.5 Å². The fourth-order valence-electron chi connectivity index (χ4n) is 3.45. The van der Waals surface area contributed by atoms with E-state index in [1.807, 2.05) is 25.4 Å². The normalized spacial score (nSPS) is 15.4. The summed E-state index contributed by atoms with van der Waals surface area (Å²) in [4.78, 5) is 28.1. The molecule has 2 aliphatic rings. The maximum absolute atomic E-state index is 12.7. The number of carbonyl (C=O) groups is 1. The van der Waals surface area contributed by atoms with Gasteiger partial charge in [-0.15, -0.1) is 0 Å². The molecule has 8 heteroatoms. The van der Waals surface area contributed by atoms with E-state index in [2.05, 4.69) is 20.3 Å². The lowest BCUT2D eigenvalue weighted by molar-refractivity contribution is 0.0302. The van der Waals surface area contributed by atoms with Gasteiger partial charge >= 0.3 is 0 Å². The molecule has 1 aromatic heterocycles. The summed E-state index contributed by atoms with van der Waals surface area (Å²) in [6.07, 6.45) is 3.07. The summed E-state index contributed by atoms with van der Waals surface area (Å²) in [5, 5.41) is 3.09. The van der Waals surface area contributed by atoms with Crippen LogP contribution in [0.5, 0.6) is 5.75 Å². The van der Waals surface area contributed by atoms with Crippen molar-refractivity contribution in [2.75, 3.05) is 45.8 Å². The highest BCUT2D eigenvalue weighted by Crippen LogP contribution is 2.31. The summed E-state index contributed by atoms with van der Waals surface area (Å²) in [5.41, 5.74) is 3.28. The molecule has 1 N–H and O–H groups in total. The molecule has 1 aromatic carbocycles. The van der Waals surface area contributed by atoms with E-state index in [0.717, 1.165) is 22.8 Å². The third-order valence-electron chi connectivity index (χ3n) is 4.93. The standard InChI is InChI=1S/C20H23N5O3/c1-21-19-18-15(5-6-22-18)23-17(24-19)12-13-3-4-14(11-16(13)27-2)20(26)25-7-9-28-10-8-25/h3-4,6,11H,5,7-10,12H2,1-2H3,(H,21,23,24). The van der Waals surface area contributed by atoms with E-state index in [4.69, 9.17) is 9.47 Å². The summed E-state index contributed by atoms with van der Waals surface area (Å²) in [6.45, 7) is 2.38. The Morgan fingerprint density at radius 1 is 1.29 bits per heavy atom. The molecule has 3 heterocycles. The number of methoxy groups -OCH3 is 1. The third kappa shape index (κ3) is 3.55. The molecular weight excluding hydrogens is 358 g/mol. The molecule has 146 valence electrons. The van der Waals surface area contributed by atoms with Crippen LogP contribution in [0.25, 0.3) is 0 Å². The number of morpholine rings is 1. The average molecular weight is 381 g/mol. The number of amides is 1. The molecule has 1 saturated heterocycles. The number of hydrogen-bond acceptors (Lipinski definition) is 7. The molecule has 0 aliphatic carbocycles. The summed E-state index contributed by atoms with van der Waals surface area (Å²) in [5.74, 6) is 2.08. The van der Waals surface area contributed by atoms with Crippen molar-refractivity contribution in [3.8, 4) is 5.75 Å². The molecule has 0 spiro atoms. The van der Waals surface area contributed by atoms with E-state index < -0.39 is 0 Å². The van der Waals surface area contributed by atoms with Gasteiger partial charge in [-0.25, -0.2) is 9.97 Å². The number of nitrogens with zero attached hydrogens (tertiary/aromatic N) is 4. The Hall–Kier alpha value is -3.00. The Kier molecular flexibility index (Phi) is 5.21. The summed E-state index contributed by atoms with van der Waals surface area (Å²) in [7, 11) is 3.44. The van der Waals surface area contributed by atoms with Crippen LogP contribution in [0.3, 0.4) is 0 Å². The number of fused-ring (bicyclic) bond motifs is 1. The summed E-state index contributed by atoms with van der Waals surface area (Å²) in [6, 6.07) is 5.55. The van der Waals surface area contributed by atoms with Crippen molar-refractivity contribution in [1.82, 2.24) is 14.9 Å². The number of rotatable bonds is 5. The molecule has 28 heavy (non-hydrogen) atoms. The molecule has 0 radical (unpaired) electrons. The molecule has 0 atom stereocenters. The van der Waals surface area contributed by atoms with Crippen LogP contribution >= 0.6 is 0 Å². The fraction of sp³-hybridized carbons (Fsp3) is 0.400. The number of aliphatic imine (C=N–C) groups is 1. The van der Waals surface area contributed by atoms with Crippen LogP contribution in [0.2, 0.25) is 0 Å². The van der Waals surface area contributed by atoms with Gasteiger partial charge in [0.05, 0.1) is 26.0 Å². The number of aromatic nitrogens is 2. The lowest BCUT2D eigenvalue weighted by Gasteiger charge is -2.27. The molecule has 2 aliphatic heterocycles. The van der Waals surface area contributed by atoms with E-state index >= 15 is 0 Å². The molecule has 0 bridgehead atoms. The fourth-order valence-corrected chi connectivity index (χ4v) is 3.45. The second-order valence-corrected chi connectivity index (χ2v) is 6.66. The Labute approximate surface area is 163 Å². The molecule has 2 aromatic rings. The number of ether oxygens (including phenoxy) is 2. The zero-order valence-electron chi connectivity index (χ0n) is 16.1. The summed E-state index contributed by atoms with van der Waals surface area (Å²) >= 11 is 0. The number of carbonyl (C=O) groups excluding carboxylic acids is 1. The van der Waals surface area contributed by atoms with Gasteiger partial charge in [-0.2, -0.15) is 0 Å². The van der Waals surface area contributed by atoms with Gasteiger partial charge in [-0.3, -0.25) is 9.79 Å².